The summed E-state index contributed by atoms with van der Waals surface area (Å²) in [7, 11) is 0. The molecular weight excluding hydrogens is 222 g/mol. The Morgan fingerprint density at radius 1 is 1.33 bits per heavy atom. The highest BCUT2D eigenvalue weighted by Gasteiger charge is 2.31. The maximum absolute atomic E-state index is 6.08. The number of hydrogen-bond donors (Lipinski definition) is 0. The molecule has 18 heavy (non-hydrogen) atoms. The lowest BCUT2D eigenvalue weighted by molar-refractivity contribution is -0.0212. The van der Waals surface area contributed by atoms with Gasteiger partial charge in [0, 0.05) is 23.6 Å². The largest absolute Gasteiger partial charge is 0.370 e. The Morgan fingerprint density at radius 3 is 2.89 bits per heavy atom. The molecule has 1 aliphatic rings. The van der Waals surface area contributed by atoms with Crippen LogP contribution >= 0.6 is 0 Å². The molecule has 2 heteroatoms. The maximum atomic E-state index is 6.08. The number of hydrogen-bond acceptors (Lipinski definition) is 1. The molecule has 0 amide bonds. The zero-order valence-corrected chi connectivity index (χ0v) is 11.4. The second-order valence-electron chi connectivity index (χ2n) is 6.01. The Kier molecular flexibility index (Phi) is 2.70. The van der Waals surface area contributed by atoms with E-state index in [1.54, 1.807) is 0 Å². The molecule has 0 saturated carbocycles. The van der Waals surface area contributed by atoms with E-state index in [-0.39, 0.29) is 5.60 Å². The summed E-state index contributed by atoms with van der Waals surface area (Å²) in [4.78, 5) is 0. The summed E-state index contributed by atoms with van der Waals surface area (Å²) < 4.78 is 8.41. The summed E-state index contributed by atoms with van der Waals surface area (Å²) in [5.74, 6) is 0. The van der Waals surface area contributed by atoms with Crippen molar-refractivity contribution in [2.75, 3.05) is 0 Å². The minimum absolute atomic E-state index is 0.0591. The molecule has 1 saturated heterocycles. The van der Waals surface area contributed by atoms with Gasteiger partial charge < -0.3 is 9.30 Å². The lowest BCUT2D eigenvalue weighted by Crippen LogP contribution is -2.22. The number of benzene rings is 1. The molecule has 1 aromatic carbocycles. The highest BCUT2D eigenvalue weighted by atomic mass is 16.5. The zero-order valence-electron chi connectivity index (χ0n) is 11.4. The molecule has 96 valence electrons. The fourth-order valence-electron chi connectivity index (χ4n) is 2.96. The van der Waals surface area contributed by atoms with Crippen LogP contribution in [0, 0.1) is 6.92 Å². The van der Waals surface area contributed by atoms with Gasteiger partial charge >= 0.3 is 0 Å². The lowest BCUT2D eigenvalue weighted by atomic mass is 10.1. The van der Waals surface area contributed by atoms with Gasteiger partial charge in [-0.2, -0.15) is 0 Å². The summed E-state index contributed by atoms with van der Waals surface area (Å²) in [5.41, 5.74) is 2.73. The van der Waals surface area contributed by atoms with Gasteiger partial charge in [0.15, 0.2) is 0 Å². The van der Waals surface area contributed by atoms with Crippen molar-refractivity contribution in [3.8, 4) is 0 Å². The average molecular weight is 243 g/mol. The third-order valence-electron chi connectivity index (χ3n) is 3.99. The summed E-state index contributed by atoms with van der Waals surface area (Å²) in [6.07, 6.45) is 4.87. The summed E-state index contributed by atoms with van der Waals surface area (Å²) in [6, 6.07) is 8.71. The van der Waals surface area contributed by atoms with E-state index >= 15 is 0 Å². The molecular formula is C16H21NO. The van der Waals surface area contributed by atoms with Crippen LogP contribution in [0.5, 0.6) is 0 Å². The van der Waals surface area contributed by atoms with Crippen LogP contribution in [0.1, 0.15) is 32.3 Å². The van der Waals surface area contributed by atoms with E-state index in [1.165, 1.54) is 22.9 Å². The molecule has 0 radical (unpaired) electrons. The van der Waals surface area contributed by atoms with Crippen molar-refractivity contribution in [1.82, 2.24) is 4.57 Å². The maximum Gasteiger partial charge on any atom is 0.0762 e. The monoisotopic (exact) mass is 243 g/mol. The predicted octanol–water partition coefficient (Wildman–Crippen LogP) is 3.91. The fourth-order valence-corrected chi connectivity index (χ4v) is 2.96. The molecule has 0 spiro atoms. The Bertz CT molecular complexity index is 567. The van der Waals surface area contributed by atoms with Crippen molar-refractivity contribution in [2.24, 2.45) is 0 Å². The Balaban J connectivity index is 1.86. The second kappa shape index (κ2) is 4.13. The fraction of sp³-hybridized carbons (Fsp3) is 0.500. The van der Waals surface area contributed by atoms with E-state index in [0.29, 0.717) is 6.10 Å². The number of aromatic nitrogens is 1. The van der Waals surface area contributed by atoms with Gasteiger partial charge in [0.1, 0.15) is 0 Å². The van der Waals surface area contributed by atoms with E-state index in [0.717, 1.165) is 13.0 Å². The summed E-state index contributed by atoms with van der Waals surface area (Å²) in [5, 5.41) is 1.36. The van der Waals surface area contributed by atoms with Crippen LogP contribution in [0.2, 0.25) is 0 Å². The van der Waals surface area contributed by atoms with Crippen LogP contribution in [0.25, 0.3) is 10.9 Å². The van der Waals surface area contributed by atoms with Crippen LogP contribution < -0.4 is 0 Å². The quantitative estimate of drug-likeness (QED) is 0.780. The highest BCUT2D eigenvalue weighted by molar-refractivity contribution is 5.83. The van der Waals surface area contributed by atoms with Crippen LogP contribution in [-0.4, -0.2) is 16.3 Å². The first-order valence-corrected chi connectivity index (χ1v) is 6.77. The number of aryl methyl sites for hydroxylation is 1. The average Bonchev–Trinajstić information content (AvgIpc) is 2.85. The van der Waals surface area contributed by atoms with Crippen LogP contribution in [0.3, 0.4) is 0 Å². The molecule has 2 aromatic rings. The predicted molar refractivity (Wildman–Crippen MR) is 74.9 cm³/mol. The van der Waals surface area contributed by atoms with Crippen molar-refractivity contribution >= 4 is 10.9 Å². The zero-order chi connectivity index (χ0) is 12.8. The minimum atomic E-state index is 0.0591. The van der Waals surface area contributed by atoms with Crippen molar-refractivity contribution in [3.63, 3.8) is 0 Å². The number of nitrogens with zero attached hydrogens (tertiary/aromatic N) is 1. The third-order valence-corrected chi connectivity index (χ3v) is 3.99. The lowest BCUT2D eigenvalue weighted by Gasteiger charge is -2.20. The molecule has 2 heterocycles. The van der Waals surface area contributed by atoms with Gasteiger partial charge in [0.25, 0.3) is 0 Å². The van der Waals surface area contributed by atoms with Gasteiger partial charge in [-0.05, 0) is 51.3 Å². The van der Waals surface area contributed by atoms with Crippen molar-refractivity contribution in [3.05, 3.63) is 36.0 Å². The molecule has 3 rings (SSSR count). The topological polar surface area (TPSA) is 14.2 Å². The standard InChI is InChI=1S/C16H21NO/c1-12-5-4-6-15-14(12)8-10-17(15)11-13-7-9-16(2,3)18-13/h4-6,8,10,13H,7,9,11H2,1-3H3. The minimum Gasteiger partial charge on any atom is -0.370 e. The van der Waals surface area contributed by atoms with Gasteiger partial charge in [0.05, 0.1) is 11.7 Å². The van der Waals surface area contributed by atoms with Crippen LogP contribution in [-0.2, 0) is 11.3 Å². The summed E-state index contributed by atoms with van der Waals surface area (Å²) >= 11 is 0. The first-order valence-electron chi connectivity index (χ1n) is 6.77. The highest BCUT2D eigenvalue weighted by Crippen LogP contribution is 2.31. The van der Waals surface area contributed by atoms with Gasteiger partial charge in [-0.15, -0.1) is 0 Å². The van der Waals surface area contributed by atoms with Crippen LogP contribution in [0.4, 0.5) is 0 Å². The molecule has 0 aliphatic carbocycles. The Labute approximate surface area is 109 Å². The normalized spacial score (nSPS) is 22.7. The van der Waals surface area contributed by atoms with Gasteiger partial charge in [-0.3, -0.25) is 0 Å². The summed E-state index contributed by atoms with van der Waals surface area (Å²) in [6.45, 7) is 7.51. The number of rotatable bonds is 2. The SMILES string of the molecule is Cc1cccc2c1ccn2CC1CCC(C)(C)O1. The van der Waals surface area contributed by atoms with E-state index in [2.05, 4.69) is 55.8 Å². The molecule has 1 atom stereocenters. The van der Waals surface area contributed by atoms with Crippen molar-refractivity contribution in [2.45, 2.75) is 51.9 Å². The molecule has 1 aliphatic heterocycles. The van der Waals surface area contributed by atoms with E-state index < -0.39 is 0 Å². The molecule has 1 aromatic heterocycles. The van der Waals surface area contributed by atoms with E-state index in [9.17, 15) is 0 Å². The molecule has 0 N–H and O–H groups in total. The van der Waals surface area contributed by atoms with Gasteiger partial charge in [-0.25, -0.2) is 0 Å². The van der Waals surface area contributed by atoms with E-state index in [4.69, 9.17) is 4.74 Å². The second-order valence-corrected chi connectivity index (χ2v) is 6.01. The van der Waals surface area contributed by atoms with Crippen molar-refractivity contribution in [1.29, 1.82) is 0 Å². The third kappa shape index (κ3) is 2.05. The molecule has 1 fully saturated rings. The first-order chi connectivity index (χ1) is 8.55. The van der Waals surface area contributed by atoms with Gasteiger partial charge in [0.2, 0.25) is 0 Å². The first kappa shape index (κ1) is 11.8. The van der Waals surface area contributed by atoms with Gasteiger partial charge in [-0.1, -0.05) is 12.1 Å². The smallest absolute Gasteiger partial charge is 0.0762 e. The van der Waals surface area contributed by atoms with Crippen molar-refractivity contribution < 1.29 is 4.74 Å². The number of fused-ring (bicyclic) bond motifs is 1. The van der Waals surface area contributed by atoms with Crippen LogP contribution in [0.15, 0.2) is 30.5 Å². The number of ether oxygens (including phenoxy) is 1. The molecule has 1 unspecified atom stereocenters. The Hall–Kier alpha value is -1.28. The van der Waals surface area contributed by atoms with E-state index in [1.807, 2.05) is 0 Å². The molecule has 2 nitrogen and oxygen atoms in total. The Morgan fingerprint density at radius 2 is 2.17 bits per heavy atom. The molecule has 0 bridgehead atoms.